The van der Waals surface area contributed by atoms with E-state index in [2.05, 4.69) is 37.5 Å². The number of hydrogen-bond acceptors (Lipinski definition) is 6. The van der Waals surface area contributed by atoms with E-state index >= 15 is 0 Å². The first-order valence-electron chi connectivity index (χ1n) is 12.5. The summed E-state index contributed by atoms with van der Waals surface area (Å²) < 4.78 is 24.0. The lowest BCUT2D eigenvalue weighted by atomic mass is 9.68. The van der Waals surface area contributed by atoms with Gasteiger partial charge in [0.1, 0.15) is 23.4 Å². The van der Waals surface area contributed by atoms with Crippen LogP contribution in [0.3, 0.4) is 0 Å². The average molecular weight is 487 g/mol. The van der Waals surface area contributed by atoms with Crippen LogP contribution < -0.4 is 10.6 Å². The number of nitrogens with one attached hydrogen (secondary N) is 2. The van der Waals surface area contributed by atoms with Crippen LogP contribution in [0.5, 0.6) is 0 Å². The van der Waals surface area contributed by atoms with Gasteiger partial charge < -0.3 is 29.6 Å². The lowest BCUT2D eigenvalue weighted by Crippen LogP contribution is -2.56. The maximum atomic E-state index is 12.6. The minimum atomic E-state index is -0.443. The number of amides is 2. The van der Waals surface area contributed by atoms with Gasteiger partial charge in [0.05, 0.1) is 18.6 Å². The summed E-state index contributed by atoms with van der Waals surface area (Å²) in [5.41, 5.74) is 2.48. The Morgan fingerprint density at radius 3 is 2.51 bits per heavy atom. The molecule has 8 nitrogen and oxygen atoms in total. The quantitative estimate of drug-likeness (QED) is 0.404. The van der Waals surface area contributed by atoms with E-state index in [0.29, 0.717) is 26.0 Å². The molecule has 2 heterocycles. The topological polar surface area (TPSA) is 102 Å². The smallest absolute Gasteiger partial charge is 0.407 e. The van der Waals surface area contributed by atoms with Gasteiger partial charge in [0.15, 0.2) is 0 Å². The third-order valence-corrected chi connectivity index (χ3v) is 7.45. The van der Waals surface area contributed by atoms with Gasteiger partial charge >= 0.3 is 6.09 Å². The molecule has 2 amide bonds. The number of carbonyl (C=O) groups excluding carboxylic acids is 2. The van der Waals surface area contributed by atoms with Crippen molar-refractivity contribution in [3.8, 4) is 0 Å². The highest BCUT2D eigenvalue weighted by Gasteiger charge is 2.72. The molecule has 0 bridgehead atoms. The van der Waals surface area contributed by atoms with Gasteiger partial charge in [0, 0.05) is 26.3 Å². The molecule has 8 heteroatoms. The molecule has 1 aromatic rings. The van der Waals surface area contributed by atoms with Crippen LogP contribution in [-0.2, 0) is 30.2 Å². The van der Waals surface area contributed by atoms with E-state index in [0.717, 1.165) is 24.1 Å². The number of benzene rings is 1. The standard InChI is InChI=1S/C27H38N2O6/c1-17(2)6-11-22-26(4,35-22)24-23(32-5)21(12-14-27(24)16-33-27)34-25(31)28-15-13-19-7-9-20(10-8-19)29-18(3)30/h6-10,21-24H,11-16H2,1-5H3,(H,28,31)(H,29,30)/t21-,22-,23-,24-,26?,27+/m1/s1. The zero-order valence-corrected chi connectivity index (χ0v) is 21.4. The number of anilines is 1. The maximum absolute atomic E-state index is 12.6. The minimum absolute atomic E-state index is 0.00392. The van der Waals surface area contributed by atoms with Crippen molar-refractivity contribution >= 4 is 17.7 Å². The summed E-state index contributed by atoms with van der Waals surface area (Å²) in [5, 5.41) is 5.60. The third kappa shape index (κ3) is 5.88. The van der Waals surface area contributed by atoms with Crippen LogP contribution in [0.15, 0.2) is 35.9 Å². The van der Waals surface area contributed by atoms with Crippen LogP contribution in [0, 0.1) is 5.92 Å². The van der Waals surface area contributed by atoms with Gasteiger partial charge in [-0.25, -0.2) is 4.79 Å². The zero-order chi connectivity index (χ0) is 25.2. The van der Waals surface area contributed by atoms with E-state index in [-0.39, 0.29) is 41.3 Å². The van der Waals surface area contributed by atoms with Crippen LogP contribution in [0.25, 0.3) is 0 Å². The van der Waals surface area contributed by atoms with Crippen molar-refractivity contribution in [1.82, 2.24) is 5.32 Å². The number of carbonyl (C=O) groups is 2. The van der Waals surface area contributed by atoms with E-state index in [1.807, 2.05) is 24.3 Å². The maximum Gasteiger partial charge on any atom is 0.407 e. The fourth-order valence-corrected chi connectivity index (χ4v) is 5.52. The summed E-state index contributed by atoms with van der Waals surface area (Å²) in [6, 6.07) is 7.56. The highest BCUT2D eigenvalue weighted by atomic mass is 16.6. The van der Waals surface area contributed by atoms with Crippen molar-refractivity contribution in [3.05, 3.63) is 41.5 Å². The second kappa shape index (κ2) is 10.3. The van der Waals surface area contributed by atoms with E-state index < -0.39 is 6.09 Å². The monoisotopic (exact) mass is 486 g/mol. The summed E-state index contributed by atoms with van der Waals surface area (Å²) in [6.45, 7) is 8.94. The minimum Gasteiger partial charge on any atom is -0.443 e. The Morgan fingerprint density at radius 2 is 1.91 bits per heavy atom. The Kier molecular flexibility index (Phi) is 7.54. The van der Waals surface area contributed by atoms with Gasteiger partial charge in [0.2, 0.25) is 5.91 Å². The molecule has 1 spiro atoms. The van der Waals surface area contributed by atoms with E-state index in [4.69, 9.17) is 18.9 Å². The summed E-state index contributed by atoms with van der Waals surface area (Å²) in [7, 11) is 1.68. The first-order valence-corrected chi connectivity index (χ1v) is 12.5. The van der Waals surface area contributed by atoms with Gasteiger partial charge in [-0.15, -0.1) is 0 Å². The number of rotatable bonds is 9. The molecule has 2 N–H and O–H groups in total. The molecule has 192 valence electrons. The molecular formula is C27H38N2O6. The Balaban J connectivity index is 1.31. The molecule has 0 radical (unpaired) electrons. The molecule has 2 saturated heterocycles. The fourth-order valence-electron chi connectivity index (χ4n) is 5.52. The number of allylic oxidation sites excluding steroid dienone is 1. The van der Waals surface area contributed by atoms with Gasteiger partial charge in [0.25, 0.3) is 0 Å². The predicted molar refractivity (Wildman–Crippen MR) is 132 cm³/mol. The summed E-state index contributed by atoms with van der Waals surface area (Å²) in [4.78, 5) is 23.8. The summed E-state index contributed by atoms with van der Waals surface area (Å²) in [6.07, 6.45) is 4.27. The molecular weight excluding hydrogens is 448 g/mol. The molecule has 1 unspecified atom stereocenters. The number of alkyl carbamates (subject to hydrolysis) is 1. The molecule has 6 atom stereocenters. The number of hydrogen-bond donors (Lipinski definition) is 2. The third-order valence-electron chi connectivity index (χ3n) is 7.45. The first kappa shape index (κ1) is 25.7. The molecule has 1 saturated carbocycles. The predicted octanol–water partition coefficient (Wildman–Crippen LogP) is 3.99. The average Bonchev–Trinajstić information content (AvgIpc) is 3.71. The fraction of sp³-hybridized carbons (Fsp3) is 0.630. The molecule has 4 rings (SSSR count). The van der Waals surface area contributed by atoms with E-state index in [1.54, 1.807) is 7.11 Å². The molecule has 3 fully saturated rings. The molecule has 2 aliphatic heterocycles. The van der Waals surface area contributed by atoms with Gasteiger partial charge in [-0.1, -0.05) is 23.8 Å². The lowest BCUT2D eigenvalue weighted by molar-refractivity contribution is -0.118. The largest absolute Gasteiger partial charge is 0.443 e. The van der Waals surface area contributed by atoms with Crippen molar-refractivity contribution in [2.45, 2.75) is 82.9 Å². The highest BCUT2D eigenvalue weighted by Crippen LogP contribution is 2.59. The van der Waals surface area contributed by atoms with Crippen molar-refractivity contribution in [1.29, 1.82) is 0 Å². The van der Waals surface area contributed by atoms with Crippen LogP contribution in [0.1, 0.15) is 52.5 Å². The van der Waals surface area contributed by atoms with E-state index in [1.165, 1.54) is 12.5 Å². The Morgan fingerprint density at radius 1 is 1.20 bits per heavy atom. The first-order chi connectivity index (χ1) is 16.7. The second-order valence-electron chi connectivity index (χ2n) is 10.4. The number of methoxy groups -OCH3 is 1. The van der Waals surface area contributed by atoms with Crippen LogP contribution in [0.2, 0.25) is 0 Å². The SMILES string of the molecule is CO[C@H]1[C@H](C2(C)O[C@@H]2CC=C(C)C)[C@]2(CC[C@H]1OC(=O)NCCc1ccc(NC(C)=O)cc1)CO2. The van der Waals surface area contributed by atoms with Crippen molar-refractivity contribution in [2.24, 2.45) is 5.92 Å². The Hall–Kier alpha value is -2.42. The Bertz CT molecular complexity index is 953. The van der Waals surface area contributed by atoms with Crippen molar-refractivity contribution < 1.29 is 28.5 Å². The normalized spacial score (nSPS) is 33.1. The van der Waals surface area contributed by atoms with Crippen LogP contribution in [0.4, 0.5) is 10.5 Å². The highest BCUT2D eigenvalue weighted by molar-refractivity contribution is 5.88. The number of epoxide rings is 2. The molecule has 3 aliphatic rings. The number of ether oxygens (including phenoxy) is 4. The lowest BCUT2D eigenvalue weighted by Gasteiger charge is -2.42. The summed E-state index contributed by atoms with van der Waals surface area (Å²) in [5.74, 6) is -0.101. The Labute approximate surface area is 207 Å². The molecule has 35 heavy (non-hydrogen) atoms. The van der Waals surface area contributed by atoms with Crippen LogP contribution in [-0.4, -0.2) is 61.8 Å². The van der Waals surface area contributed by atoms with Gasteiger partial charge in [-0.2, -0.15) is 0 Å². The second-order valence-corrected chi connectivity index (χ2v) is 10.4. The van der Waals surface area contributed by atoms with Crippen molar-refractivity contribution in [2.75, 3.05) is 25.6 Å². The van der Waals surface area contributed by atoms with E-state index in [9.17, 15) is 9.59 Å². The molecule has 1 aromatic carbocycles. The van der Waals surface area contributed by atoms with Crippen molar-refractivity contribution in [3.63, 3.8) is 0 Å². The summed E-state index contributed by atoms with van der Waals surface area (Å²) >= 11 is 0. The molecule has 0 aromatic heterocycles. The molecule has 1 aliphatic carbocycles. The van der Waals surface area contributed by atoms with Crippen LogP contribution >= 0.6 is 0 Å². The van der Waals surface area contributed by atoms with Gasteiger partial charge in [-0.05, 0) is 64.2 Å². The van der Waals surface area contributed by atoms with Gasteiger partial charge in [-0.3, -0.25) is 4.79 Å². The zero-order valence-electron chi connectivity index (χ0n) is 21.4.